The van der Waals surface area contributed by atoms with Gasteiger partial charge in [-0.3, -0.25) is 4.79 Å². The molecule has 0 fully saturated rings. The van der Waals surface area contributed by atoms with E-state index in [9.17, 15) is 4.79 Å². The van der Waals surface area contributed by atoms with Crippen LogP contribution >= 0.6 is 0 Å². The van der Waals surface area contributed by atoms with Gasteiger partial charge in [-0.1, -0.05) is 12.1 Å². The Balaban J connectivity index is 1.62. The first-order chi connectivity index (χ1) is 13.6. The summed E-state index contributed by atoms with van der Waals surface area (Å²) in [6.07, 6.45) is 0.878. The van der Waals surface area contributed by atoms with Gasteiger partial charge in [0, 0.05) is 17.2 Å². The number of rotatable bonds is 8. The smallest absolute Gasteiger partial charge is 0.258 e. The van der Waals surface area contributed by atoms with Crippen LogP contribution in [0.15, 0.2) is 53.1 Å². The fourth-order valence-electron chi connectivity index (χ4n) is 2.46. The Hall–Kier alpha value is -3.35. The highest BCUT2D eigenvalue weighted by Gasteiger charge is 2.11. The largest absolute Gasteiger partial charge is 0.497 e. The molecule has 1 heterocycles. The molecule has 1 atom stereocenters. The van der Waals surface area contributed by atoms with Crippen LogP contribution in [0.25, 0.3) is 22.8 Å². The van der Waals surface area contributed by atoms with E-state index >= 15 is 0 Å². The predicted molar refractivity (Wildman–Crippen MR) is 105 cm³/mol. The number of carbonyl (C=O) groups excluding carboxylic acids is 1. The molecule has 0 aliphatic rings. The van der Waals surface area contributed by atoms with Crippen molar-refractivity contribution in [2.45, 2.75) is 26.3 Å². The maximum absolute atomic E-state index is 11.8. The first kappa shape index (κ1) is 19.4. The van der Waals surface area contributed by atoms with Crippen molar-refractivity contribution in [3.63, 3.8) is 0 Å². The van der Waals surface area contributed by atoms with Crippen LogP contribution in [0.2, 0.25) is 0 Å². The van der Waals surface area contributed by atoms with Gasteiger partial charge in [0.1, 0.15) is 11.5 Å². The van der Waals surface area contributed by atoms with E-state index in [0.29, 0.717) is 17.5 Å². The predicted octanol–water partition coefficient (Wildman–Crippen LogP) is 3.71. The molecule has 3 rings (SSSR count). The van der Waals surface area contributed by atoms with Crippen molar-refractivity contribution in [3.05, 3.63) is 48.5 Å². The van der Waals surface area contributed by atoms with Crippen LogP contribution in [-0.4, -0.2) is 35.8 Å². The molecule has 1 aromatic heterocycles. The monoisotopic (exact) mass is 381 g/mol. The van der Waals surface area contributed by atoms with Crippen LogP contribution in [0.4, 0.5) is 0 Å². The molecule has 7 nitrogen and oxygen atoms in total. The molecule has 28 heavy (non-hydrogen) atoms. The Morgan fingerprint density at radius 1 is 1.07 bits per heavy atom. The fraction of sp³-hybridized carbons (Fsp3) is 0.286. The quantitative estimate of drug-likeness (QED) is 0.640. The van der Waals surface area contributed by atoms with Gasteiger partial charge in [0.25, 0.3) is 11.8 Å². The maximum atomic E-state index is 11.8. The van der Waals surface area contributed by atoms with E-state index in [1.165, 1.54) is 0 Å². The Morgan fingerprint density at radius 2 is 1.71 bits per heavy atom. The molecule has 0 saturated carbocycles. The van der Waals surface area contributed by atoms with Gasteiger partial charge < -0.3 is 19.3 Å². The minimum absolute atomic E-state index is 0.0220. The van der Waals surface area contributed by atoms with Gasteiger partial charge in [-0.05, 0) is 61.9 Å². The van der Waals surface area contributed by atoms with Crippen LogP contribution in [-0.2, 0) is 4.79 Å². The molecule has 3 aromatic rings. The second-order valence-corrected chi connectivity index (χ2v) is 6.34. The van der Waals surface area contributed by atoms with E-state index in [0.717, 1.165) is 23.3 Å². The lowest BCUT2D eigenvalue weighted by molar-refractivity contribution is -0.123. The molecule has 0 saturated heterocycles. The van der Waals surface area contributed by atoms with Gasteiger partial charge in [-0.15, -0.1) is 0 Å². The van der Waals surface area contributed by atoms with Crippen molar-refractivity contribution >= 4 is 5.91 Å². The Bertz CT molecular complexity index is 904. The summed E-state index contributed by atoms with van der Waals surface area (Å²) in [5.74, 6) is 2.13. The SMILES string of the molecule is CC[C@H](C)NC(=O)COc1ccc(-c2nc(-c3ccc(OC)cc3)no2)cc1. The number of methoxy groups -OCH3 is 1. The molecule has 1 N–H and O–H groups in total. The van der Waals surface area contributed by atoms with Crippen LogP contribution in [0, 0.1) is 0 Å². The first-order valence-electron chi connectivity index (χ1n) is 9.09. The number of nitrogens with zero attached hydrogens (tertiary/aromatic N) is 2. The molecule has 0 aliphatic carbocycles. The summed E-state index contributed by atoms with van der Waals surface area (Å²) < 4.78 is 16.0. The minimum atomic E-state index is -0.139. The van der Waals surface area contributed by atoms with E-state index in [1.807, 2.05) is 50.2 Å². The summed E-state index contributed by atoms with van der Waals surface area (Å²) in [6.45, 7) is 3.95. The third-order valence-corrected chi connectivity index (χ3v) is 4.27. The van der Waals surface area contributed by atoms with Gasteiger partial charge in [-0.2, -0.15) is 4.98 Å². The first-order valence-corrected chi connectivity index (χ1v) is 9.09. The van der Waals surface area contributed by atoms with E-state index in [-0.39, 0.29) is 18.6 Å². The molecule has 146 valence electrons. The maximum Gasteiger partial charge on any atom is 0.258 e. The van der Waals surface area contributed by atoms with E-state index < -0.39 is 0 Å². The molecule has 0 unspecified atom stereocenters. The van der Waals surface area contributed by atoms with Crippen LogP contribution in [0.3, 0.4) is 0 Å². The Kier molecular flexibility index (Phi) is 6.26. The van der Waals surface area contributed by atoms with Crippen LogP contribution in [0.5, 0.6) is 11.5 Å². The molecule has 0 aliphatic heterocycles. The molecule has 0 spiro atoms. The summed E-state index contributed by atoms with van der Waals surface area (Å²) in [6, 6.07) is 14.7. The van der Waals surface area contributed by atoms with Crippen molar-refractivity contribution < 1.29 is 18.8 Å². The zero-order valence-corrected chi connectivity index (χ0v) is 16.1. The van der Waals surface area contributed by atoms with E-state index in [2.05, 4.69) is 15.5 Å². The lowest BCUT2D eigenvalue weighted by Crippen LogP contribution is -2.35. The third-order valence-electron chi connectivity index (χ3n) is 4.27. The van der Waals surface area contributed by atoms with Gasteiger partial charge in [0.15, 0.2) is 6.61 Å². The summed E-state index contributed by atoms with van der Waals surface area (Å²) in [5, 5.41) is 6.88. The highest BCUT2D eigenvalue weighted by atomic mass is 16.5. The molecular weight excluding hydrogens is 358 g/mol. The zero-order chi connectivity index (χ0) is 19.9. The number of carbonyl (C=O) groups is 1. The van der Waals surface area contributed by atoms with E-state index in [4.69, 9.17) is 14.0 Å². The second kappa shape index (κ2) is 9.03. The average Bonchev–Trinajstić information content (AvgIpc) is 3.23. The Morgan fingerprint density at radius 3 is 2.36 bits per heavy atom. The van der Waals surface area contributed by atoms with Crippen molar-refractivity contribution in [2.24, 2.45) is 0 Å². The number of benzene rings is 2. The molecule has 0 radical (unpaired) electrons. The van der Waals surface area contributed by atoms with Crippen LogP contribution < -0.4 is 14.8 Å². The highest BCUT2D eigenvalue weighted by Crippen LogP contribution is 2.25. The third kappa shape index (κ3) is 4.88. The normalized spacial score (nSPS) is 11.7. The number of hydrogen-bond acceptors (Lipinski definition) is 6. The summed E-state index contributed by atoms with van der Waals surface area (Å²) in [4.78, 5) is 16.2. The van der Waals surface area contributed by atoms with Crippen molar-refractivity contribution in [1.82, 2.24) is 15.5 Å². The van der Waals surface area contributed by atoms with Gasteiger partial charge in [-0.25, -0.2) is 0 Å². The average molecular weight is 381 g/mol. The molecular formula is C21H23N3O4. The number of hydrogen-bond donors (Lipinski definition) is 1. The molecule has 2 aromatic carbocycles. The molecule has 7 heteroatoms. The topological polar surface area (TPSA) is 86.5 Å². The summed E-state index contributed by atoms with van der Waals surface area (Å²) >= 11 is 0. The zero-order valence-electron chi connectivity index (χ0n) is 16.1. The van der Waals surface area contributed by atoms with Gasteiger partial charge in [0.2, 0.25) is 5.82 Å². The number of aromatic nitrogens is 2. The molecule has 0 bridgehead atoms. The molecule has 1 amide bonds. The summed E-state index contributed by atoms with van der Waals surface area (Å²) in [7, 11) is 1.62. The lowest BCUT2D eigenvalue weighted by atomic mass is 10.2. The van der Waals surface area contributed by atoms with Crippen molar-refractivity contribution in [2.75, 3.05) is 13.7 Å². The lowest BCUT2D eigenvalue weighted by Gasteiger charge is -2.12. The van der Waals surface area contributed by atoms with E-state index in [1.54, 1.807) is 19.2 Å². The summed E-state index contributed by atoms with van der Waals surface area (Å²) in [5.41, 5.74) is 1.60. The Labute approximate surface area is 163 Å². The minimum Gasteiger partial charge on any atom is -0.497 e. The second-order valence-electron chi connectivity index (χ2n) is 6.34. The number of nitrogens with one attached hydrogen (secondary N) is 1. The highest BCUT2D eigenvalue weighted by molar-refractivity contribution is 5.77. The fourth-order valence-corrected chi connectivity index (χ4v) is 2.46. The number of amides is 1. The van der Waals surface area contributed by atoms with Gasteiger partial charge >= 0.3 is 0 Å². The van der Waals surface area contributed by atoms with Gasteiger partial charge in [0.05, 0.1) is 7.11 Å². The number of ether oxygens (including phenoxy) is 2. The van der Waals surface area contributed by atoms with Crippen molar-refractivity contribution in [3.8, 4) is 34.3 Å². The van der Waals surface area contributed by atoms with Crippen LogP contribution in [0.1, 0.15) is 20.3 Å². The standard InChI is InChI=1S/C21H23N3O4/c1-4-14(2)22-19(25)13-27-18-11-7-16(8-12-18)21-23-20(24-28-21)15-5-9-17(26-3)10-6-15/h5-12,14H,4,13H2,1-3H3,(H,22,25)/t14-/m0/s1. The van der Waals surface area contributed by atoms with Crippen molar-refractivity contribution in [1.29, 1.82) is 0 Å².